The standard InChI is InChI=1S/C24H24F3N3O2/c1-14(17-4-3-5-18(22(17)25)23(26)27)29-21-8-10-28-20-7-6-16(12-19(20)21)24(32)9-11-30(13-24)15(2)31/h3-8,10,12,14,23,32H,9,11,13H2,1-2H3,(H,28,29)/t14-,24?/m1/s1. The van der Waals surface area contributed by atoms with E-state index < -0.39 is 29.4 Å². The summed E-state index contributed by atoms with van der Waals surface area (Å²) < 4.78 is 40.8. The molecule has 168 valence electrons. The highest BCUT2D eigenvalue weighted by Gasteiger charge is 2.38. The molecule has 1 unspecified atom stereocenters. The van der Waals surface area contributed by atoms with Crippen LogP contribution in [0, 0.1) is 5.82 Å². The van der Waals surface area contributed by atoms with Gasteiger partial charge >= 0.3 is 0 Å². The molecule has 0 radical (unpaired) electrons. The summed E-state index contributed by atoms with van der Waals surface area (Å²) in [5.74, 6) is -1.02. The Kier molecular flexibility index (Phi) is 5.81. The molecule has 5 nitrogen and oxygen atoms in total. The number of carbonyl (C=O) groups is 1. The van der Waals surface area contributed by atoms with E-state index in [1.807, 2.05) is 6.07 Å². The van der Waals surface area contributed by atoms with E-state index in [-0.39, 0.29) is 18.0 Å². The van der Waals surface area contributed by atoms with Crippen molar-refractivity contribution in [1.82, 2.24) is 9.88 Å². The first-order valence-corrected chi connectivity index (χ1v) is 10.4. The molecule has 3 aromatic rings. The van der Waals surface area contributed by atoms with Crippen LogP contribution in [0.3, 0.4) is 0 Å². The lowest BCUT2D eigenvalue weighted by molar-refractivity contribution is -0.128. The first-order chi connectivity index (χ1) is 15.2. The molecule has 2 N–H and O–H groups in total. The number of anilines is 1. The van der Waals surface area contributed by atoms with Crippen LogP contribution in [-0.2, 0) is 10.4 Å². The quantitative estimate of drug-likeness (QED) is 0.587. The van der Waals surface area contributed by atoms with E-state index >= 15 is 0 Å². The van der Waals surface area contributed by atoms with Crippen molar-refractivity contribution in [3.8, 4) is 0 Å². The summed E-state index contributed by atoms with van der Waals surface area (Å²) in [4.78, 5) is 17.7. The maximum atomic E-state index is 14.6. The highest BCUT2D eigenvalue weighted by Crippen LogP contribution is 2.36. The zero-order valence-electron chi connectivity index (χ0n) is 17.8. The van der Waals surface area contributed by atoms with Crippen LogP contribution >= 0.6 is 0 Å². The molecule has 1 aliphatic rings. The van der Waals surface area contributed by atoms with Gasteiger partial charge in [0.25, 0.3) is 6.43 Å². The predicted molar refractivity (Wildman–Crippen MR) is 116 cm³/mol. The molecule has 2 heterocycles. The molecule has 1 amide bonds. The van der Waals surface area contributed by atoms with Gasteiger partial charge in [0.05, 0.1) is 23.7 Å². The van der Waals surface area contributed by atoms with Crippen LogP contribution in [0.5, 0.6) is 0 Å². The van der Waals surface area contributed by atoms with Crippen molar-refractivity contribution < 1.29 is 23.1 Å². The number of pyridine rings is 1. The van der Waals surface area contributed by atoms with Gasteiger partial charge < -0.3 is 15.3 Å². The minimum absolute atomic E-state index is 0.0902. The normalized spacial score (nSPS) is 19.5. The lowest BCUT2D eigenvalue weighted by atomic mass is 9.91. The monoisotopic (exact) mass is 443 g/mol. The number of likely N-dealkylation sites (tertiary alicyclic amines) is 1. The number of hydrogen-bond donors (Lipinski definition) is 2. The van der Waals surface area contributed by atoms with Crippen molar-refractivity contribution in [1.29, 1.82) is 0 Å². The van der Waals surface area contributed by atoms with Gasteiger partial charge in [0, 0.05) is 36.3 Å². The van der Waals surface area contributed by atoms with Crippen LogP contribution in [0.1, 0.15) is 49.4 Å². The third-order valence-corrected chi connectivity index (χ3v) is 6.10. The van der Waals surface area contributed by atoms with Crippen LogP contribution in [0.15, 0.2) is 48.7 Å². The van der Waals surface area contributed by atoms with Gasteiger partial charge in [-0.2, -0.15) is 0 Å². The first kappa shape index (κ1) is 22.1. The van der Waals surface area contributed by atoms with Crippen molar-refractivity contribution in [3.63, 3.8) is 0 Å². The number of benzene rings is 2. The molecule has 2 aromatic carbocycles. The van der Waals surface area contributed by atoms with Gasteiger partial charge in [-0.05, 0) is 37.1 Å². The minimum atomic E-state index is -2.90. The lowest BCUT2D eigenvalue weighted by Crippen LogP contribution is -2.33. The first-order valence-electron chi connectivity index (χ1n) is 10.4. The van der Waals surface area contributed by atoms with E-state index in [0.717, 1.165) is 6.07 Å². The molecular weight excluding hydrogens is 419 g/mol. The summed E-state index contributed by atoms with van der Waals surface area (Å²) >= 11 is 0. The fourth-order valence-corrected chi connectivity index (χ4v) is 4.24. The summed E-state index contributed by atoms with van der Waals surface area (Å²) in [5.41, 5.74) is 0.292. The molecule has 1 fully saturated rings. The van der Waals surface area contributed by atoms with Crippen molar-refractivity contribution in [3.05, 3.63) is 71.2 Å². The number of hydrogen-bond acceptors (Lipinski definition) is 4. The Morgan fingerprint density at radius 2 is 1.97 bits per heavy atom. The highest BCUT2D eigenvalue weighted by molar-refractivity contribution is 5.92. The van der Waals surface area contributed by atoms with Gasteiger partial charge in [-0.3, -0.25) is 9.78 Å². The Morgan fingerprint density at radius 3 is 2.66 bits per heavy atom. The van der Waals surface area contributed by atoms with Gasteiger partial charge in [-0.25, -0.2) is 13.2 Å². The molecule has 0 aliphatic carbocycles. The van der Waals surface area contributed by atoms with Gasteiger partial charge in [0.15, 0.2) is 0 Å². The largest absolute Gasteiger partial charge is 0.383 e. The number of β-amino-alcohol motifs (C(OH)–C–C–N with tert-alkyl or cyclic N) is 1. The number of aromatic nitrogens is 1. The second-order valence-electron chi connectivity index (χ2n) is 8.23. The van der Waals surface area contributed by atoms with E-state index in [9.17, 15) is 23.1 Å². The van der Waals surface area contributed by atoms with Gasteiger partial charge in [-0.15, -0.1) is 0 Å². The minimum Gasteiger partial charge on any atom is -0.383 e. The van der Waals surface area contributed by atoms with E-state index in [2.05, 4.69) is 10.3 Å². The zero-order chi connectivity index (χ0) is 23.0. The number of nitrogens with one attached hydrogen (secondary N) is 1. The Balaban J connectivity index is 1.68. The third kappa shape index (κ3) is 4.02. The maximum absolute atomic E-state index is 14.6. The van der Waals surface area contributed by atoms with Gasteiger partial charge in [0.1, 0.15) is 11.4 Å². The van der Waals surface area contributed by atoms with Crippen molar-refractivity contribution in [2.45, 2.75) is 38.3 Å². The van der Waals surface area contributed by atoms with Crippen molar-refractivity contribution >= 4 is 22.5 Å². The maximum Gasteiger partial charge on any atom is 0.266 e. The predicted octanol–water partition coefficient (Wildman–Crippen LogP) is 4.92. The van der Waals surface area contributed by atoms with Crippen LogP contribution < -0.4 is 5.32 Å². The van der Waals surface area contributed by atoms with Crippen LogP contribution in [0.25, 0.3) is 10.9 Å². The molecule has 8 heteroatoms. The van der Waals surface area contributed by atoms with Crippen LogP contribution in [0.4, 0.5) is 18.9 Å². The molecule has 1 saturated heterocycles. The highest BCUT2D eigenvalue weighted by atomic mass is 19.3. The second-order valence-corrected chi connectivity index (χ2v) is 8.23. The molecule has 0 spiro atoms. The fourth-order valence-electron chi connectivity index (χ4n) is 4.24. The Bertz CT molecular complexity index is 1170. The van der Waals surface area contributed by atoms with Crippen LogP contribution in [0.2, 0.25) is 0 Å². The number of amides is 1. The second kappa shape index (κ2) is 8.43. The van der Waals surface area contributed by atoms with E-state index in [1.54, 1.807) is 36.2 Å². The number of fused-ring (bicyclic) bond motifs is 1. The summed E-state index contributed by atoms with van der Waals surface area (Å²) in [6.45, 7) is 3.85. The number of alkyl halides is 2. The number of halogens is 3. The van der Waals surface area contributed by atoms with Crippen molar-refractivity contribution in [2.24, 2.45) is 0 Å². The molecule has 2 atom stereocenters. The van der Waals surface area contributed by atoms with Crippen molar-refractivity contribution in [2.75, 3.05) is 18.4 Å². The Hall–Kier alpha value is -3.13. The Labute approximate surface area is 183 Å². The smallest absolute Gasteiger partial charge is 0.266 e. The molecule has 1 aromatic heterocycles. The lowest BCUT2D eigenvalue weighted by Gasteiger charge is -2.24. The van der Waals surface area contributed by atoms with Gasteiger partial charge in [0.2, 0.25) is 5.91 Å². The SMILES string of the molecule is CC(=O)N1CCC(O)(c2ccc3nccc(N[C@H](C)c4cccc(C(F)F)c4F)c3c2)C1. The van der Waals surface area contributed by atoms with E-state index in [1.165, 1.54) is 19.1 Å². The average molecular weight is 443 g/mol. The third-order valence-electron chi connectivity index (χ3n) is 6.10. The zero-order valence-corrected chi connectivity index (χ0v) is 17.8. The molecule has 1 aliphatic heterocycles. The topological polar surface area (TPSA) is 65.5 Å². The number of carbonyl (C=O) groups excluding carboxylic acids is 1. The average Bonchev–Trinajstić information content (AvgIpc) is 3.17. The summed E-state index contributed by atoms with van der Waals surface area (Å²) in [5, 5.41) is 15.1. The summed E-state index contributed by atoms with van der Waals surface area (Å²) in [6.07, 6.45) is -0.873. The fraction of sp³-hybridized carbons (Fsp3) is 0.333. The molecular formula is C24H24F3N3O2. The van der Waals surface area contributed by atoms with Gasteiger partial charge in [-0.1, -0.05) is 24.3 Å². The van der Waals surface area contributed by atoms with Crippen LogP contribution in [-0.4, -0.2) is 34.0 Å². The number of rotatable bonds is 5. The summed E-state index contributed by atoms with van der Waals surface area (Å²) in [6, 6.07) is 10.5. The number of aliphatic hydroxyl groups is 1. The van der Waals surface area contributed by atoms with E-state index in [0.29, 0.717) is 35.1 Å². The molecule has 0 saturated carbocycles. The molecule has 0 bridgehead atoms. The van der Waals surface area contributed by atoms with E-state index in [4.69, 9.17) is 0 Å². The molecule has 32 heavy (non-hydrogen) atoms. The number of nitrogens with zero attached hydrogens (tertiary/aromatic N) is 2. The summed E-state index contributed by atoms with van der Waals surface area (Å²) in [7, 11) is 0. The Morgan fingerprint density at radius 1 is 1.22 bits per heavy atom. The molecule has 4 rings (SSSR count).